The number of ketones is 1. The molecule has 4 rings (SSSR count). The van der Waals surface area contributed by atoms with Gasteiger partial charge < -0.3 is 15.1 Å². The van der Waals surface area contributed by atoms with E-state index in [9.17, 15) is 19.8 Å². The molecule has 1 unspecified atom stereocenters. The molecule has 1 aromatic heterocycles. The number of rotatable bonds is 7. The van der Waals surface area contributed by atoms with Crippen LogP contribution in [0.1, 0.15) is 29.3 Å². The van der Waals surface area contributed by atoms with Gasteiger partial charge in [-0.2, -0.15) is 0 Å². The normalized spacial score (nSPS) is 16.1. The lowest BCUT2D eigenvalue weighted by Gasteiger charge is -2.26. The van der Waals surface area contributed by atoms with Crippen molar-refractivity contribution >= 4 is 11.7 Å². The summed E-state index contributed by atoms with van der Waals surface area (Å²) in [6.45, 7) is 0.144. The Morgan fingerprint density at radius 2 is 1.65 bits per heavy atom. The Hall–Kier alpha value is -3.93. The van der Waals surface area contributed by atoms with E-state index in [1.807, 2.05) is 36.4 Å². The van der Waals surface area contributed by atoms with E-state index in [2.05, 4.69) is 4.98 Å². The molecule has 1 amide bonds. The summed E-state index contributed by atoms with van der Waals surface area (Å²) in [4.78, 5) is 31.8. The third kappa shape index (κ3) is 4.33. The molecule has 0 spiro atoms. The largest absolute Gasteiger partial charge is 0.508 e. The lowest BCUT2D eigenvalue weighted by molar-refractivity contribution is -0.130. The van der Waals surface area contributed by atoms with Crippen LogP contribution in [0.5, 0.6) is 5.75 Å². The monoisotopic (exact) mass is 414 g/mol. The Bertz CT molecular complexity index is 1110. The van der Waals surface area contributed by atoms with Gasteiger partial charge in [-0.1, -0.05) is 48.5 Å². The smallest absolute Gasteiger partial charge is 0.290 e. The van der Waals surface area contributed by atoms with Crippen molar-refractivity contribution in [3.05, 3.63) is 107 Å². The van der Waals surface area contributed by atoms with Crippen LogP contribution in [0.2, 0.25) is 0 Å². The number of carbonyl (C=O) groups is 2. The summed E-state index contributed by atoms with van der Waals surface area (Å²) in [7, 11) is 0. The number of Topliss-reactive ketones (excluding diaryl/α,β-unsaturated/α-hetero) is 1. The molecule has 0 saturated heterocycles. The molecule has 2 aromatic carbocycles. The van der Waals surface area contributed by atoms with E-state index in [0.717, 1.165) is 5.56 Å². The van der Waals surface area contributed by atoms with Crippen LogP contribution in [0.15, 0.2) is 90.3 Å². The van der Waals surface area contributed by atoms with Crippen LogP contribution in [0.25, 0.3) is 0 Å². The quantitative estimate of drug-likeness (QED) is 0.612. The number of carbonyl (C=O) groups excluding carboxylic acids is 2. The summed E-state index contributed by atoms with van der Waals surface area (Å²) >= 11 is 0. The maximum Gasteiger partial charge on any atom is 0.290 e. The Kier molecular flexibility index (Phi) is 5.80. The minimum atomic E-state index is -0.752. The van der Waals surface area contributed by atoms with Crippen molar-refractivity contribution in [2.45, 2.75) is 25.4 Å². The first-order chi connectivity index (χ1) is 15.0. The van der Waals surface area contributed by atoms with Crippen molar-refractivity contribution in [1.29, 1.82) is 0 Å². The molecular formula is C25H22N2O4. The second kappa shape index (κ2) is 8.83. The van der Waals surface area contributed by atoms with Crippen LogP contribution in [0.3, 0.4) is 0 Å². The van der Waals surface area contributed by atoms with Gasteiger partial charge in [0.1, 0.15) is 5.75 Å². The number of benzene rings is 2. The molecule has 31 heavy (non-hydrogen) atoms. The van der Waals surface area contributed by atoms with Crippen LogP contribution in [-0.4, -0.2) is 31.8 Å². The summed E-state index contributed by atoms with van der Waals surface area (Å²) in [5, 5.41) is 20.3. The highest BCUT2D eigenvalue weighted by molar-refractivity contribution is 6.09. The molecule has 1 aliphatic heterocycles. The first-order valence-corrected chi connectivity index (χ1v) is 10.0. The molecule has 3 aromatic rings. The van der Waals surface area contributed by atoms with Gasteiger partial charge in [0, 0.05) is 12.6 Å². The van der Waals surface area contributed by atoms with E-state index in [-0.39, 0.29) is 30.1 Å². The molecule has 2 N–H and O–H groups in total. The fourth-order valence-corrected chi connectivity index (χ4v) is 3.81. The fraction of sp³-hybridized carbons (Fsp3) is 0.160. The number of phenols is 1. The SMILES string of the molecule is O=C(CCc1ccccc1)C1=C(O)C(=O)N(Cc2ccccn2)C1c1ccc(O)cc1. The number of aryl methyl sites for hydroxylation is 1. The molecule has 6 heteroatoms. The number of hydrogen-bond donors (Lipinski definition) is 2. The van der Waals surface area contributed by atoms with E-state index in [4.69, 9.17) is 0 Å². The van der Waals surface area contributed by atoms with Gasteiger partial charge in [0.05, 0.1) is 23.9 Å². The molecule has 0 radical (unpaired) electrons. The highest BCUT2D eigenvalue weighted by Crippen LogP contribution is 2.39. The first kappa shape index (κ1) is 20.3. The average molecular weight is 414 g/mol. The first-order valence-electron chi connectivity index (χ1n) is 10.0. The fourth-order valence-electron chi connectivity index (χ4n) is 3.81. The van der Waals surface area contributed by atoms with Crippen molar-refractivity contribution < 1.29 is 19.8 Å². The highest BCUT2D eigenvalue weighted by atomic mass is 16.3. The van der Waals surface area contributed by atoms with Crippen molar-refractivity contribution in [3.8, 4) is 5.75 Å². The van der Waals surface area contributed by atoms with E-state index < -0.39 is 17.7 Å². The van der Waals surface area contributed by atoms with E-state index in [0.29, 0.717) is 17.7 Å². The number of aromatic nitrogens is 1. The molecule has 6 nitrogen and oxygen atoms in total. The lowest BCUT2D eigenvalue weighted by Crippen LogP contribution is -2.31. The standard InChI is InChI=1S/C25H22N2O4/c28-20-12-10-18(11-13-20)23-22(21(29)14-9-17-6-2-1-3-7-17)24(30)25(31)27(23)16-19-8-4-5-15-26-19/h1-8,10-13,15,23,28,30H,9,14,16H2. The van der Waals surface area contributed by atoms with Crippen molar-refractivity contribution in [1.82, 2.24) is 9.88 Å². The van der Waals surface area contributed by atoms with Crippen molar-refractivity contribution in [2.24, 2.45) is 0 Å². The van der Waals surface area contributed by atoms with E-state index in [1.54, 1.807) is 30.5 Å². The number of nitrogens with zero attached hydrogens (tertiary/aromatic N) is 2. The summed E-state index contributed by atoms with van der Waals surface area (Å²) in [5.41, 5.74) is 2.37. The maximum atomic E-state index is 13.2. The zero-order valence-corrected chi connectivity index (χ0v) is 16.8. The third-order valence-electron chi connectivity index (χ3n) is 5.35. The summed E-state index contributed by atoms with van der Waals surface area (Å²) < 4.78 is 0. The number of pyridine rings is 1. The molecule has 156 valence electrons. The van der Waals surface area contributed by atoms with Gasteiger partial charge in [0.25, 0.3) is 5.91 Å². The second-order valence-electron chi connectivity index (χ2n) is 7.42. The zero-order valence-electron chi connectivity index (χ0n) is 16.8. The van der Waals surface area contributed by atoms with Gasteiger partial charge in [0.15, 0.2) is 11.5 Å². The number of aliphatic hydroxyl groups is 1. The molecule has 0 bridgehead atoms. The van der Waals surface area contributed by atoms with Gasteiger partial charge >= 0.3 is 0 Å². The summed E-state index contributed by atoms with van der Waals surface area (Å²) in [6, 6.07) is 20.5. The molecule has 0 aliphatic carbocycles. The number of aliphatic hydroxyl groups excluding tert-OH is 1. The van der Waals surface area contributed by atoms with Crippen LogP contribution in [-0.2, 0) is 22.6 Å². The van der Waals surface area contributed by atoms with Gasteiger partial charge in [-0.3, -0.25) is 14.6 Å². The summed E-state index contributed by atoms with van der Waals surface area (Å²) in [5.74, 6) is -1.33. The highest BCUT2D eigenvalue weighted by Gasteiger charge is 2.43. The Balaban J connectivity index is 1.66. The van der Waals surface area contributed by atoms with Crippen LogP contribution < -0.4 is 0 Å². The van der Waals surface area contributed by atoms with Crippen LogP contribution in [0.4, 0.5) is 0 Å². The molecule has 1 aliphatic rings. The van der Waals surface area contributed by atoms with E-state index in [1.165, 1.54) is 17.0 Å². The number of phenolic OH excluding ortho intramolecular Hbond substituents is 1. The summed E-state index contributed by atoms with van der Waals surface area (Å²) in [6.07, 6.45) is 2.31. The predicted molar refractivity (Wildman–Crippen MR) is 115 cm³/mol. The molecule has 0 saturated carbocycles. The third-order valence-corrected chi connectivity index (χ3v) is 5.35. The average Bonchev–Trinajstić information content (AvgIpc) is 3.04. The molecule has 2 heterocycles. The van der Waals surface area contributed by atoms with Gasteiger partial charge in [-0.25, -0.2) is 0 Å². The minimum absolute atomic E-state index is 0.0782. The minimum Gasteiger partial charge on any atom is -0.508 e. The van der Waals surface area contributed by atoms with Crippen molar-refractivity contribution in [3.63, 3.8) is 0 Å². The predicted octanol–water partition coefficient (Wildman–Crippen LogP) is 3.88. The molecular weight excluding hydrogens is 392 g/mol. The topological polar surface area (TPSA) is 90.7 Å². The second-order valence-corrected chi connectivity index (χ2v) is 7.42. The van der Waals surface area contributed by atoms with E-state index >= 15 is 0 Å². The molecule has 0 fully saturated rings. The Morgan fingerprint density at radius 1 is 0.935 bits per heavy atom. The van der Waals surface area contributed by atoms with Gasteiger partial charge in [-0.15, -0.1) is 0 Å². The Labute approximate surface area is 180 Å². The zero-order chi connectivity index (χ0) is 21.8. The molecule has 1 atom stereocenters. The lowest BCUT2D eigenvalue weighted by atomic mass is 9.93. The van der Waals surface area contributed by atoms with Gasteiger partial charge in [0.2, 0.25) is 0 Å². The van der Waals surface area contributed by atoms with Crippen LogP contribution in [0, 0.1) is 0 Å². The Morgan fingerprint density at radius 3 is 2.32 bits per heavy atom. The van der Waals surface area contributed by atoms with Gasteiger partial charge in [-0.05, 0) is 41.8 Å². The van der Waals surface area contributed by atoms with Crippen molar-refractivity contribution in [2.75, 3.05) is 0 Å². The number of aromatic hydroxyl groups is 1. The number of amides is 1. The maximum absolute atomic E-state index is 13.2. The number of hydrogen-bond acceptors (Lipinski definition) is 5. The van der Waals surface area contributed by atoms with Crippen LogP contribution >= 0.6 is 0 Å².